The van der Waals surface area contributed by atoms with E-state index in [1.807, 2.05) is 6.07 Å². The van der Waals surface area contributed by atoms with Crippen LogP contribution in [0.1, 0.15) is 21.5 Å². The van der Waals surface area contributed by atoms with Gasteiger partial charge in [-0.2, -0.15) is 5.26 Å². The largest absolute Gasteiger partial charge is 0.453 e. The van der Waals surface area contributed by atoms with E-state index in [0.717, 1.165) is 0 Å². The maximum absolute atomic E-state index is 15.2. The molecule has 0 bridgehead atoms. The average molecular weight is 579 g/mol. The molecule has 2 amide bonds. The lowest BCUT2D eigenvalue weighted by molar-refractivity contribution is -0.115. The molecule has 0 atom stereocenters. The predicted molar refractivity (Wildman–Crippen MR) is 134 cm³/mol. The molecule has 5 N–H and O–H groups in total. The number of rotatable bonds is 6. The molecule has 0 spiro atoms. The molecule has 3 aromatic carbocycles. The Morgan fingerprint density at radius 3 is 2.57 bits per heavy atom. The number of anilines is 1. The summed E-state index contributed by atoms with van der Waals surface area (Å²) in [6.07, 6.45) is -0.350. The van der Waals surface area contributed by atoms with Crippen LogP contribution in [0.2, 0.25) is 10.0 Å². The van der Waals surface area contributed by atoms with E-state index in [9.17, 15) is 9.59 Å². The Hall–Kier alpha value is -3.65. The monoisotopic (exact) mass is 577 g/mol. The molecular weight excluding hydrogens is 564 g/mol. The highest BCUT2D eigenvalue weighted by atomic mass is 79.9. The van der Waals surface area contributed by atoms with Crippen LogP contribution in [0.15, 0.2) is 53.0 Å². The number of guanidine groups is 1. The first-order valence-corrected chi connectivity index (χ1v) is 11.2. The highest BCUT2D eigenvalue weighted by Gasteiger charge is 2.18. The third-order valence-electron chi connectivity index (χ3n) is 4.45. The Labute approximate surface area is 217 Å². The van der Waals surface area contributed by atoms with Gasteiger partial charge < -0.3 is 15.8 Å². The third kappa shape index (κ3) is 6.70. The lowest BCUT2D eigenvalue weighted by atomic mass is 10.1. The highest BCUT2D eigenvalue weighted by molar-refractivity contribution is 9.10. The van der Waals surface area contributed by atoms with Crippen LogP contribution >= 0.6 is 39.1 Å². The number of nitrogens with zero attached hydrogens (tertiary/aromatic N) is 1. The van der Waals surface area contributed by atoms with Gasteiger partial charge in [0.2, 0.25) is 5.91 Å². The van der Waals surface area contributed by atoms with Crippen LogP contribution < -0.4 is 21.1 Å². The molecule has 0 aliphatic heterocycles. The molecule has 35 heavy (non-hydrogen) atoms. The lowest BCUT2D eigenvalue weighted by Crippen LogP contribution is -2.35. The number of amides is 2. The number of carbonyl (C=O) groups excluding carboxylic acids is 2. The maximum atomic E-state index is 15.2. The lowest BCUT2D eigenvalue weighted by Gasteiger charge is -2.13. The molecular formula is C23H15BrCl2FN5O3. The van der Waals surface area contributed by atoms with Crippen molar-refractivity contribution in [1.82, 2.24) is 5.32 Å². The highest BCUT2D eigenvalue weighted by Crippen LogP contribution is 2.35. The van der Waals surface area contributed by atoms with E-state index >= 15 is 4.39 Å². The van der Waals surface area contributed by atoms with Crippen molar-refractivity contribution in [3.05, 3.63) is 85.6 Å². The van der Waals surface area contributed by atoms with Gasteiger partial charge >= 0.3 is 0 Å². The Bertz CT molecular complexity index is 1390. The first-order valence-electron chi connectivity index (χ1n) is 9.67. The van der Waals surface area contributed by atoms with Crippen molar-refractivity contribution < 1.29 is 18.7 Å². The summed E-state index contributed by atoms with van der Waals surface area (Å²) in [5.41, 5.74) is 5.74. The molecule has 0 unspecified atom stereocenters. The van der Waals surface area contributed by atoms with Crippen molar-refractivity contribution >= 4 is 62.6 Å². The molecule has 0 aromatic heterocycles. The zero-order chi connectivity index (χ0) is 25.7. The van der Waals surface area contributed by atoms with E-state index in [2.05, 4.69) is 26.6 Å². The first kappa shape index (κ1) is 26.0. The summed E-state index contributed by atoms with van der Waals surface area (Å²) in [5.74, 6) is -2.55. The van der Waals surface area contributed by atoms with Crippen LogP contribution in [0.25, 0.3) is 0 Å². The second-order valence-corrected chi connectivity index (χ2v) is 8.72. The topological polar surface area (TPSA) is 141 Å². The molecule has 0 heterocycles. The van der Waals surface area contributed by atoms with Gasteiger partial charge in [0.1, 0.15) is 5.75 Å². The second-order valence-electron chi connectivity index (χ2n) is 7.03. The summed E-state index contributed by atoms with van der Waals surface area (Å²) in [5, 5.41) is 21.2. The van der Waals surface area contributed by atoms with Crippen LogP contribution in [0.4, 0.5) is 10.1 Å². The van der Waals surface area contributed by atoms with Gasteiger partial charge in [0.05, 0.1) is 33.2 Å². The number of hydrogen-bond donors (Lipinski definition) is 4. The van der Waals surface area contributed by atoms with Gasteiger partial charge in [-0.05, 0) is 58.4 Å². The SMILES string of the molecule is N#Cc1cc(Cl)cc(Oc2c(Br)ccc(CC(=O)Nc3ccc(C(=O)NC(=N)N)cc3Cl)c2F)c1. The van der Waals surface area contributed by atoms with Gasteiger partial charge in [0.15, 0.2) is 17.5 Å². The van der Waals surface area contributed by atoms with Gasteiger partial charge in [-0.25, -0.2) is 4.39 Å². The minimum Gasteiger partial charge on any atom is -0.453 e. The molecule has 0 aliphatic carbocycles. The standard InChI is InChI=1S/C23H15BrCl2FN5O3/c24-16-3-1-12(20(27)21(16)35-15-6-11(10-28)5-14(25)9-15)8-19(33)31-18-4-2-13(7-17(18)26)22(34)32-23(29)30/h1-7,9H,8H2,(H,31,33)(H4,29,30,32,34). The minimum atomic E-state index is -0.782. The summed E-state index contributed by atoms with van der Waals surface area (Å²) >= 11 is 15.3. The Morgan fingerprint density at radius 1 is 1.17 bits per heavy atom. The van der Waals surface area contributed by atoms with Crippen molar-refractivity contribution in [2.45, 2.75) is 6.42 Å². The van der Waals surface area contributed by atoms with Gasteiger partial charge in [-0.3, -0.25) is 20.3 Å². The molecule has 3 aromatic rings. The van der Waals surface area contributed by atoms with Crippen LogP contribution in [-0.2, 0) is 11.2 Å². The minimum absolute atomic E-state index is 0.0387. The van der Waals surface area contributed by atoms with Crippen molar-refractivity contribution in [3.63, 3.8) is 0 Å². The van der Waals surface area contributed by atoms with Gasteiger partial charge in [-0.1, -0.05) is 29.3 Å². The number of nitriles is 1. The fourth-order valence-corrected chi connectivity index (χ4v) is 3.77. The number of halogens is 4. The zero-order valence-electron chi connectivity index (χ0n) is 17.6. The summed E-state index contributed by atoms with van der Waals surface area (Å²) in [6, 6.07) is 13.2. The molecule has 0 saturated carbocycles. The van der Waals surface area contributed by atoms with E-state index in [4.69, 9.17) is 44.3 Å². The van der Waals surface area contributed by atoms with Crippen molar-refractivity contribution in [3.8, 4) is 17.6 Å². The molecule has 0 radical (unpaired) electrons. The summed E-state index contributed by atoms with van der Waals surface area (Å²) in [4.78, 5) is 24.5. The number of ether oxygens (including phenoxy) is 1. The van der Waals surface area contributed by atoms with Crippen LogP contribution in [0, 0.1) is 22.6 Å². The number of carbonyl (C=O) groups is 2. The molecule has 0 fully saturated rings. The summed E-state index contributed by atoms with van der Waals surface area (Å²) < 4.78 is 21.1. The second kappa shape index (κ2) is 11.2. The Morgan fingerprint density at radius 2 is 1.91 bits per heavy atom. The molecule has 8 nitrogen and oxygen atoms in total. The zero-order valence-corrected chi connectivity index (χ0v) is 20.7. The van der Waals surface area contributed by atoms with Crippen LogP contribution in [0.3, 0.4) is 0 Å². The van der Waals surface area contributed by atoms with Gasteiger partial charge in [-0.15, -0.1) is 0 Å². The van der Waals surface area contributed by atoms with Gasteiger partial charge in [0, 0.05) is 16.1 Å². The smallest absolute Gasteiger partial charge is 0.257 e. The van der Waals surface area contributed by atoms with Crippen molar-refractivity contribution in [2.24, 2.45) is 5.73 Å². The van der Waals surface area contributed by atoms with Crippen molar-refractivity contribution in [1.29, 1.82) is 10.7 Å². The van der Waals surface area contributed by atoms with E-state index in [-0.39, 0.29) is 50.3 Å². The normalized spacial score (nSPS) is 10.3. The number of nitrogens with one attached hydrogen (secondary N) is 3. The number of nitrogens with two attached hydrogens (primary N) is 1. The Kier molecular flexibility index (Phi) is 8.30. The molecule has 3 rings (SSSR count). The summed E-state index contributed by atoms with van der Waals surface area (Å²) in [7, 11) is 0. The average Bonchev–Trinajstić information content (AvgIpc) is 2.79. The molecule has 0 saturated heterocycles. The quantitative estimate of drug-likeness (QED) is 0.230. The van der Waals surface area contributed by atoms with Crippen LogP contribution in [0.5, 0.6) is 11.5 Å². The van der Waals surface area contributed by atoms with E-state index in [1.165, 1.54) is 48.5 Å². The van der Waals surface area contributed by atoms with Crippen LogP contribution in [-0.4, -0.2) is 17.8 Å². The maximum Gasteiger partial charge on any atom is 0.257 e. The van der Waals surface area contributed by atoms with E-state index in [0.29, 0.717) is 4.47 Å². The molecule has 178 valence electrons. The first-order chi connectivity index (χ1) is 16.6. The fraction of sp³-hybridized carbons (Fsp3) is 0.0435. The van der Waals surface area contributed by atoms with Crippen molar-refractivity contribution in [2.75, 3.05) is 5.32 Å². The third-order valence-corrected chi connectivity index (χ3v) is 5.61. The molecule has 0 aliphatic rings. The number of hydrogen-bond acceptors (Lipinski definition) is 5. The van der Waals surface area contributed by atoms with E-state index in [1.54, 1.807) is 0 Å². The number of benzene rings is 3. The molecule has 12 heteroatoms. The predicted octanol–water partition coefficient (Wildman–Crippen LogP) is 5.36. The Balaban J connectivity index is 1.77. The van der Waals surface area contributed by atoms with Gasteiger partial charge in [0.25, 0.3) is 5.91 Å². The summed E-state index contributed by atoms with van der Waals surface area (Å²) in [6.45, 7) is 0. The fourth-order valence-electron chi connectivity index (χ4n) is 2.93. The van der Waals surface area contributed by atoms with E-state index < -0.39 is 23.6 Å².